The van der Waals surface area contributed by atoms with E-state index in [0.717, 1.165) is 17.8 Å². The summed E-state index contributed by atoms with van der Waals surface area (Å²) in [6, 6.07) is 50.0. The second kappa shape index (κ2) is 27.8. The van der Waals surface area contributed by atoms with Gasteiger partial charge in [-0.1, -0.05) is 105 Å². The van der Waals surface area contributed by atoms with E-state index in [4.69, 9.17) is 39.3 Å². The quantitative estimate of drug-likeness (QED) is 0.0473. The number of nitrogens with zero attached hydrogens (tertiary/aromatic N) is 16. The molecule has 85 heavy (non-hydrogen) atoms. The molecule has 4 aromatic carbocycles. The fourth-order valence-corrected chi connectivity index (χ4v) is 8.05. The van der Waals surface area contributed by atoms with Crippen molar-refractivity contribution in [1.29, 1.82) is 0 Å². The Balaban J connectivity index is 0.000000136. The Hall–Kier alpha value is -11.5. The molecule has 25 nitrogen and oxygen atoms in total. The number of hydrogen-bond acceptors (Lipinski definition) is 21. The standard InChI is InChI=1S/C16H18N6.C15H16N6.C14H13FN6O.C13H11ClN6/c1-11(2)12-6-8-13(9-7-12)19-16-20-15(17)22(21-16)14-5-3-4-10-18-14;1-2-11-7-3-4-8-12(11)18-15-19-14(16)21(20-15)13-9-5-6-10-17-13;1-22-12-9(15)5-4-6-10(12)18-14-19-13(16)21(20-14)11-7-2-3-8-17-11;14-9-5-1-2-6-10(9)17-13-18-12(15)20(19-13)11-7-3-4-8-16-11/h3-11H,1-2H3,(H3,17,19,20,21);3-10H,2H2,1H3,(H3,16,18,19,20);2-8H,1H3,(H3,16,18,19,20);1-8H,(H3,15,17,18,19). The maximum Gasteiger partial charge on any atom is 0.249 e. The van der Waals surface area contributed by atoms with E-state index in [9.17, 15) is 4.39 Å². The summed E-state index contributed by atoms with van der Waals surface area (Å²) in [5.41, 5.74) is 29.0. The molecule has 0 radical (unpaired) electrons. The lowest BCUT2D eigenvalue weighted by atomic mass is 10.0. The van der Waals surface area contributed by atoms with Crippen LogP contribution in [0, 0.1) is 5.82 Å². The minimum atomic E-state index is -0.482. The molecular weight excluding hydrogens is 1100 g/mol. The number of benzene rings is 4. The monoisotopic (exact) mass is 1160 g/mol. The summed E-state index contributed by atoms with van der Waals surface area (Å²) in [6.45, 7) is 6.44. The normalized spacial score (nSPS) is 10.6. The van der Waals surface area contributed by atoms with E-state index in [2.05, 4.69) is 121 Å². The van der Waals surface area contributed by atoms with Crippen molar-refractivity contribution in [1.82, 2.24) is 79.0 Å². The third-order valence-electron chi connectivity index (χ3n) is 12.0. The number of nitrogens with two attached hydrogens (primary N) is 4. The summed E-state index contributed by atoms with van der Waals surface area (Å²) in [4.78, 5) is 33.4. The predicted octanol–water partition coefficient (Wildman–Crippen LogP) is 10.4. The van der Waals surface area contributed by atoms with Crippen molar-refractivity contribution in [3.63, 3.8) is 0 Å². The van der Waals surface area contributed by atoms with Crippen LogP contribution in [0.3, 0.4) is 0 Å². The van der Waals surface area contributed by atoms with Crippen LogP contribution >= 0.6 is 11.6 Å². The number of halogens is 2. The lowest BCUT2D eigenvalue weighted by molar-refractivity contribution is 0.388. The fraction of sp³-hybridized carbons (Fsp3) is 0.103. The molecule has 8 aromatic heterocycles. The van der Waals surface area contributed by atoms with Gasteiger partial charge < -0.3 is 48.9 Å². The Morgan fingerprint density at radius 1 is 0.459 bits per heavy atom. The van der Waals surface area contributed by atoms with Crippen LogP contribution in [0.1, 0.15) is 37.8 Å². The Bertz CT molecular complexity index is 4050. The van der Waals surface area contributed by atoms with Crippen LogP contribution < -0.4 is 48.9 Å². The molecule has 8 heterocycles. The number of pyridine rings is 4. The molecule has 0 saturated carbocycles. The van der Waals surface area contributed by atoms with E-state index in [1.54, 1.807) is 61.2 Å². The first-order valence-electron chi connectivity index (χ1n) is 26.2. The van der Waals surface area contributed by atoms with Crippen molar-refractivity contribution < 1.29 is 9.13 Å². The van der Waals surface area contributed by atoms with Gasteiger partial charge in [-0.25, -0.2) is 24.3 Å². The van der Waals surface area contributed by atoms with Gasteiger partial charge in [-0.3, -0.25) is 0 Å². The molecule has 27 heteroatoms. The molecule has 12 N–H and O–H groups in total. The maximum absolute atomic E-state index is 13.7. The Labute approximate surface area is 492 Å². The van der Waals surface area contributed by atoms with Gasteiger partial charge in [0.25, 0.3) is 0 Å². The van der Waals surface area contributed by atoms with Gasteiger partial charge in [-0.15, -0.1) is 20.4 Å². The summed E-state index contributed by atoms with van der Waals surface area (Å²) >= 11 is 6.07. The number of anilines is 12. The SMILES string of the molecule is CC(C)c1ccc(Nc2nc(N)n(-c3ccccn3)n2)cc1.CCc1ccccc1Nc1nc(N)n(-c2ccccn2)n1.COc1c(F)cccc1Nc1nc(N)n(-c2ccccn2)n1.Nc1nc(Nc2ccccc2Cl)nn1-c1ccccn1. The zero-order valence-corrected chi connectivity index (χ0v) is 47.1. The Kier molecular flexibility index (Phi) is 19.0. The number of methoxy groups -OCH3 is 1. The van der Waals surface area contributed by atoms with Gasteiger partial charge in [-0.05, 0) is 114 Å². The van der Waals surface area contributed by atoms with Gasteiger partial charge in [-0.2, -0.15) is 38.7 Å². The van der Waals surface area contributed by atoms with Gasteiger partial charge in [0.2, 0.25) is 47.6 Å². The van der Waals surface area contributed by atoms with E-state index >= 15 is 0 Å². The average Bonchev–Trinajstić information content (AvgIpc) is 4.53. The van der Waals surface area contributed by atoms with Gasteiger partial charge in [0.1, 0.15) is 0 Å². The summed E-state index contributed by atoms with van der Waals surface area (Å²) in [5.74, 6) is 4.99. The molecule has 0 saturated heterocycles. The molecule has 0 unspecified atom stereocenters. The lowest BCUT2D eigenvalue weighted by Crippen LogP contribution is -2.04. The Morgan fingerprint density at radius 3 is 1.24 bits per heavy atom. The highest BCUT2D eigenvalue weighted by Gasteiger charge is 2.16. The van der Waals surface area contributed by atoms with E-state index in [-0.39, 0.29) is 23.6 Å². The molecule has 0 bridgehead atoms. The molecule has 0 atom stereocenters. The minimum absolute atomic E-state index is 0.0789. The fourth-order valence-electron chi connectivity index (χ4n) is 7.87. The van der Waals surface area contributed by atoms with Gasteiger partial charge in [0, 0.05) is 36.2 Å². The summed E-state index contributed by atoms with van der Waals surface area (Å²) in [5, 5.41) is 30.0. The van der Waals surface area contributed by atoms with Crippen LogP contribution in [-0.2, 0) is 6.42 Å². The first-order chi connectivity index (χ1) is 41.3. The highest BCUT2D eigenvalue weighted by molar-refractivity contribution is 6.33. The molecule has 0 amide bonds. The summed E-state index contributed by atoms with van der Waals surface area (Å²) in [6.07, 6.45) is 7.60. The Morgan fingerprint density at radius 2 is 0.835 bits per heavy atom. The van der Waals surface area contributed by atoms with Gasteiger partial charge in [0.05, 0.1) is 23.5 Å². The predicted molar refractivity (Wildman–Crippen MR) is 328 cm³/mol. The summed E-state index contributed by atoms with van der Waals surface area (Å²) in [7, 11) is 1.39. The highest BCUT2D eigenvalue weighted by Crippen LogP contribution is 2.30. The van der Waals surface area contributed by atoms with Crippen LogP contribution in [0.2, 0.25) is 5.02 Å². The number of nitrogens with one attached hydrogen (secondary N) is 4. The number of ether oxygens (including phenoxy) is 1. The molecular formula is C58H58ClFN24O. The molecule has 0 aliphatic rings. The third-order valence-corrected chi connectivity index (χ3v) is 12.3. The first-order valence-corrected chi connectivity index (χ1v) is 26.6. The largest absolute Gasteiger partial charge is 0.492 e. The molecule has 12 rings (SSSR count). The topological polar surface area (TPSA) is 336 Å². The smallest absolute Gasteiger partial charge is 0.249 e. The van der Waals surface area contributed by atoms with Crippen LogP contribution in [0.4, 0.5) is 74.7 Å². The van der Waals surface area contributed by atoms with Crippen molar-refractivity contribution in [2.75, 3.05) is 51.3 Å². The number of aryl methyl sites for hydroxylation is 1. The number of para-hydroxylation sites is 3. The van der Waals surface area contributed by atoms with Crippen molar-refractivity contribution in [2.45, 2.75) is 33.1 Å². The van der Waals surface area contributed by atoms with Crippen LogP contribution in [-0.4, -0.2) is 86.1 Å². The molecule has 0 spiro atoms. The van der Waals surface area contributed by atoms with Crippen LogP contribution in [0.25, 0.3) is 23.3 Å². The zero-order chi connectivity index (χ0) is 59.7. The highest BCUT2D eigenvalue weighted by atomic mass is 35.5. The van der Waals surface area contributed by atoms with Crippen molar-refractivity contribution in [2.24, 2.45) is 0 Å². The second-order valence-corrected chi connectivity index (χ2v) is 18.6. The number of nitrogen functional groups attached to an aromatic ring is 4. The van der Waals surface area contributed by atoms with Crippen molar-refractivity contribution in [3.8, 4) is 29.0 Å². The molecule has 12 aromatic rings. The van der Waals surface area contributed by atoms with E-state index in [1.807, 2.05) is 103 Å². The number of aromatic nitrogens is 16. The third kappa shape index (κ3) is 15.1. The first kappa shape index (κ1) is 58.1. The molecule has 0 aliphatic heterocycles. The van der Waals surface area contributed by atoms with Gasteiger partial charge >= 0.3 is 0 Å². The van der Waals surface area contributed by atoms with Crippen molar-refractivity contribution >= 4 is 81.9 Å². The molecule has 0 aliphatic carbocycles. The molecule has 430 valence electrons. The molecule has 0 fully saturated rings. The van der Waals surface area contributed by atoms with Gasteiger partial charge in [0.15, 0.2) is 34.8 Å². The number of rotatable bonds is 15. The summed E-state index contributed by atoms with van der Waals surface area (Å²) < 4.78 is 24.5. The average molecular weight is 1160 g/mol. The minimum Gasteiger partial charge on any atom is -0.492 e. The van der Waals surface area contributed by atoms with Crippen molar-refractivity contribution in [3.05, 3.63) is 211 Å². The van der Waals surface area contributed by atoms with Crippen LogP contribution in [0.15, 0.2) is 189 Å². The zero-order valence-electron chi connectivity index (χ0n) is 46.3. The number of hydrogen-bond donors (Lipinski definition) is 8. The lowest BCUT2D eigenvalue weighted by Gasteiger charge is -2.08. The van der Waals surface area contributed by atoms with E-state index in [1.165, 1.54) is 43.0 Å². The van der Waals surface area contributed by atoms with E-state index < -0.39 is 5.82 Å². The van der Waals surface area contributed by atoms with E-state index in [0.29, 0.717) is 75.3 Å². The second-order valence-electron chi connectivity index (χ2n) is 18.2. The van der Waals surface area contributed by atoms with Crippen LogP contribution in [0.5, 0.6) is 5.75 Å². The maximum atomic E-state index is 13.7.